The number of halogens is 3. The molecule has 0 spiro atoms. The maximum Gasteiger partial charge on any atom is 0.406 e. The highest BCUT2D eigenvalue weighted by Crippen LogP contribution is 2.46. The van der Waals surface area contributed by atoms with E-state index in [-0.39, 0.29) is 12.4 Å². The van der Waals surface area contributed by atoms with Gasteiger partial charge in [-0.3, -0.25) is 9.20 Å². The van der Waals surface area contributed by atoms with Gasteiger partial charge < -0.3 is 10.0 Å². The van der Waals surface area contributed by atoms with Crippen molar-refractivity contribution in [3.63, 3.8) is 0 Å². The quantitative estimate of drug-likeness (QED) is 0.890. The Balaban J connectivity index is 2.00. The van der Waals surface area contributed by atoms with Crippen molar-refractivity contribution in [2.24, 2.45) is 5.41 Å². The van der Waals surface area contributed by atoms with Crippen LogP contribution in [-0.4, -0.2) is 49.9 Å². The average Bonchev–Trinajstić information content (AvgIpc) is 3.04. The van der Waals surface area contributed by atoms with Gasteiger partial charge >= 0.3 is 12.1 Å². The molecule has 2 aromatic heterocycles. The van der Waals surface area contributed by atoms with Crippen LogP contribution in [0.5, 0.6) is 0 Å². The molecule has 1 aliphatic heterocycles. The van der Waals surface area contributed by atoms with E-state index in [1.807, 2.05) is 0 Å². The van der Waals surface area contributed by atoms with Crippen molar-refractivity contribution in [1.29, 1.82) is 0 Å². The fourth-order valence-corrected chi connectivity index (χ4v) is 2.49. The molecule has 0 radical (unpaired) electrons. The maximum atomic E-state index is 13.1. The van der Waals surface area contributed by atoms with Gasteiger partial charge in [-0.25, -0.2) is 4.98 Å². The number of hydrogen-bond acceptors (Lipinski definition) is 5. The molecule has 1 unspecified atom stereocenters. The molecule has 112 valence electrons. The summed E-state index contributed by atoms with van der Waals surface area (Å²) >= 11 is 0. The Bertz CT molecular complexity index is 700. The Hall–Kier alpha value is -2.39. The number of nitrogens with zero attached hydrogens (tertiary/aromatic N) is 5. The molecule has 7 nitrogen and oxygen atoms in total. The Morgan fingerprint density at radius 3 is 2.81 bits per heavy atom. The Kier molecular flexibility index (Phi) is 2.78. The van der Waals surface area contributed by atoms with Gasteiger partial charge in [-0.15, -0.1) is 10.2 Å². The van der Waals surface area contributed by atoms with E-state index in [9.17, 15) is 18.0 Å². The molecule has 0 amide bonds. The summed E-state index contributed by atoms with van der Waals surface area (Å²) in [6.45, 7) is -0.753. The summed E-state index contributed by atoms with van der Waals surface area (Å²) in [6.07, 6.45) is -0.997. The summed E-state index contributed by atoms with van der Waals surface area (Å²) < 4.78 is 41.0. The minimum absolute atomic E-state index is 0.0641. The van der Waals surface area contributed by atoms with E-state index < -0.39 is 30.5 Å². The van der Waals surface area contributed by atoms with E-state index in [4.69, 9.17) is 5.11 Å². The molecule has 1 saturated heterocycles. The van der Waals surface area contributed by atoms with Gasteiger partial charge in [-0.2, -0.15) is 13.2 Å². The molecule has 1 atom stereocenters. The molecule has 3 heterocycles. The number of aromatic nitrogens is 4. The van der Waals surface area contributed by atoms with E-state index in [2.05, 4.69) is 15.2 Å². The van der Waals surface area contributed by atoms with Crippen LogP contribution in [0.15, 0.2) is 18.7 Å². The first-order valence-electron chi connectivity index (χ1n) is 6.04. The number of carboxylic acids is 1. The van der Waals surface area contributed by atoms with Crippen molar-refractivity contribution >= 4 is 17.4 Å². The Morgan fingerprint density at radius 2 is 2.19 bits per heavy atom. The number of carboxylic acid groups (broad SMARTS) is 1. The normalized spacial score (nSPS) is 22.9. The van der Waals surface area contributed by atoms with Gasteiger partial charge in [0, 0.05) is 25.5 Å². The molecule has 0 bridgehead atoms. The second kappa shape index (κ2) is 4.30. The molecular weight excluding hydrogens is 291 g/mol. The molecule has 10 heteroatoms. The first-order chi connectivity index (χ1) is 9.85. The van der Waals surface area contributed by atoms with Gasteiger partial charge in [-0.05, 0) is 6.42 Å². The summed E-state index contributed by atoms with van der Waals surface area (Å²) in [5.41, 5.74) is -2.48. The van der Waals surface area contributed by atoms with Gasteiger partial charge in [0.15, 0.2) is 11.2 Å². The summed E-state index contributed by atoms with van der Waals surface area (Å²) in [5, 5.41) is 16.5. The molecule has 1 fully saturated rings. The standard InChI is InChI=1S/C11H10F3N5O2/c12-11(13,14)10(9(20)21)1-3-18(5-10)7-8-17-16-6-19(8)4-2-15-7/h2,4,6H,1,3,5H2,(H,20,21). The largest absolute Gasteiger partial charge is 0.481 e. The number of carbonyl (C=O) groups is 1. The van der Waals surface area contributed by atoms with Crippen molar-refractivity contribution in [2.45, 2.75) is 12.6 Å². The monoisotopic (exact) mass is 301 g/mol. The Morgan fingerprint density at radius 1 is 1.43 bits per heavy atom. The zero-order valence-corrected chi connectivity index (χ0v) is 10.6. The van der Waals surface area contributed by atoms with Crippen molar-refractivity contribution in [2.75, 3.05) is 18.0 Å². The highest BCUT2D eigenvalue weighted by molar-refractivity contribution is 5.78. The van der Waals surface area contributed by atoms with Crippen LogP contribution in [0.3, 0.4) is 0 Å². The summed E-state index contributed by atoms with van der Waals surface area (Å²) in [4.78, 5) is 16.5. The SMILES string of the molecule is O=C(O)C1(C(F)(F)F)CCN(c2nccn3cnnc23)C1. The number of hydrogen-bond donors (Lipinski definition) is 1. The predicted molar refractivity (Wildman–Crippen MR) is 63.7 cm³/mol. The fourth-order valence-electron chi connectivity index (χ4n) is 2.49. The lowest BCUT2D eigenvalue weighted by atomic mass is 9.86. The maximum absolute atomic E-state index is 13.1. The predicted octanol–water partition coefficient (Wildman–Crippen LogP) is 0.968. The van der Waals surface area contributed by atoms with Gasteiger partial charge in [0.05, 0.1) is 0 Å². The van der Waals surface area contributed by atoms with Crippen LogP contribution in [0.4, 0.5) is 19.0 Å². The second-order valence-corrected chi connectivity index (χ2v) is 4.87. The molecule has 0 aromatic carbocycles. The molecule has 0 aliphatic carbocycles. The molecule has 0 saturated carbocycles. The number of rotatable bonds is 2. The van der Waals surface area contributed by atoms with E-state index in [0.29, 0.717) is 5.65 Å². The van der Waals surface area contributed by atoms with Crippen LogP contribution >= 0.6 is 0 Å². The zero-order chi connectivity index (χ0) is 15.3. The third-order valence-electron chi connectivity index (χ3n) is 3.72. The molecule has 3 rings (SSSR count). The highest BCUT2D eigenvalue weighted by Gasteiger charge is 2.64. The molecular formula is C11H10F3N5O2. The van der Waals surface area contributed by atoms with E-state index in [1.165, 1.54) is 21.8 Å². The lowest BCUT2D eigenvalue weighted by molar-refractivity contribution is -0.225. The number of aliphatic carboxylic acids is 1. The number of fused-ring (bicyclic) bond motifs is 1. The van der Waals surface area contributed by atoms with Crippen LogP contribution in [0, 0.1) is 5.41 Å². The third kappa shape index (κ3) is 1.89. The van der Waals surface area contributed by atoms with E-state index in [1.54, 1.807) is 6.20 Å². The first kappa shape index (κ1) is 13.6. The topological polar surface area (TPSA) is 83.6 Å². The molecule has 2 aromatic rings. The zero-order valence-electron chi connectivity index (χ0n) is 10.6. The van der Waals surface area contributed by atoms with E-state index in [0.717, 1.165) is 0 Å². The Labute approximate surface area is 116 Å². The highest BCUT2D eigenvalue weighted by atomic mass is 19.4. The first-order valence-corrected chi connectivity index (χ1v) is 6.04. The van der Waals surface area contributed by atoms with Crippen LogP contribution < -0.4 is 4.90 Å². The van der Waals surface area contributed by atoms with E-state index >= 15 is 0 Å². The summed E-state index contributed by atoms with van der Waals surface area (Å²) in [6, 6.07) is 0. The van der Waals surface area contributed by atoms with Crippen LogP contribution in [0.1, 0.15) is 6.42 Å². The van der Waals surface area contributed by atoms with Gasteiger partial charge in [0.25, 0.3) is 0 Å². The van der Waals surface area contributed by atoms with Crippen molar-refractivity contribution in [3.05, 3.63) is 18.7 Å². The minimum Gasteiger partial charge on any atom is -0.481 e. The summed E-state index contributed by atoms with van der Waals surface area (Å²) in [5.74, 6) is -1.67. The molecule has 1 aliphatic rings. The lowest BCUT2D eigenvalue weighted by Crippen LogP contribution is -2.47. The smallest absolute Gasteiger partial charge is 0.406 e. The van der Waals surface area contributed by atoms with Crippen molar-refractivity contribution in [1.82, 2.24) is 19.6 Å². The fraction of sp³-hybridized carbons (Fsp3) is 0.455. The number of anilines is 1. The van der Waals surface area contributed by atoms with Crippen LogP contribution in [-0.2, 0) is 4.79 Å². The minimum atomic E-state index is -4.83. The average molecular weight is 301 g/mol. The second-order valence-electron chi connectivity index (χ2n) is 4.87. The van der Waals surface area contributed by atoms with Crippen molar-refractivity contribution in [3.8, 4) is 0 Å². The number of alkyl halides is 3. The van der Waals surface area contributed by atoms with Crippen LogP contribution in [0.2, 0.25) is 0 Å². The third-order valence-corrected chi connectivity index (χ3v) is 3.72. The van der Waals surface area contributed by atoms with Crippen LogP contribution in [0.25, 0.3) is 5.65 Å². The van der Waals surface area contributed by atoms with Gasteiger partial charge in [-0.1, -0.05) is 0 Å². The van der Waals surface area contributed by atoms with Gasteiger partial charge in [0.1, 0.15) is 6.33 Å². The van der Waals surface area contributed by atoms with Gasteiger partial charge in [0.2, 0.25) is 5.65 Å². The van der Waals surface area contributed by atoms with Crippen molar-refractivity contribution < 1.29 is 23.1 Å². The lowest BCUT2D eigenvalue weighted by Gasteiger charge is -2.27. The molecule has 21 heavy (non-hydrogen) atoms. The molecule has 1 N–H and O–H groups in total. The summed E-state index contributed by atoms with van der Waals surface area (Å²) in [7, 11) is 0.